The molecule has 0 saturated carbocycles. The molecule has 0 aliphatic carbocycles. The Morgan fingerprint density at radius 1 is 1.53 bits per heavy atom. The molecule has 0 amide bonds. The predicted octanol–water partition coefficient (Wildman–Crippen LogP) is 2.97. The lowest BCUT2D eigenvalue weighted by molar-refractivity contribution is -0.143. The number of carbonyl (C=O) groups is 1. The van der Waals surface area contributed by atoms with Crippen molar-refractivity contribution < 1.29 is 9.53 Å². The van der Waals surface area contributed by atoms with Gasteiger partial charge in [-0.15, -0.1) is 11.3 Å². The summed E-state index contributed by atoms with van der Waals surface area (Å²) in [6.07, 6.45) is 0.982. The van der Waals surface area contributed by atoms with Crippen LogP contribution in [0.25, 0.3) is 0 Å². The van der Waals surface area contributed by atoms with Gasteiger partial charge in [-0.1, -0.05) is 6.92 Å². The maximum absolute atomic E-state index is 11.8. The number of carbonyl (C=O) groups excluding carboxylic acids is 1. The second-order valence-electron chi connectivity index (χ2n) is 4.30. The van der Waals surface area contributed by atoms with Crippen LogP contribution in [0.1, 0.15) is 41.6 Å². The van der Waals surface area contributed by atoms with Gasteiger partial charge >= 0.3 is 5.97 Å². The fourth-order valence-corrected chi connectivity index (χ4v) is 2.71. The number of nitrogens with one attached hydrogen (secondary N) is 1. The number of thiophene rings is 1. The highest BCUT2D eigenvalue weighted by Gasteiger charge is 2.25. The highest BCUT2D eigenvalue weighted by atomic mass is 32.1. The van der Waals surface area contributed by atoms with Crippen LogP contribution in [0.4, 0.5) is 0 Å². The minimum Gasteiger partial charge on any atom is -0.468 e. The van der Waals surface area contributed by atoms with Gasteiger partial charge in [0.25, 0.3) is 0 Å². The van der Waals surface area contributed by atoms with Crippen molar-refractivity contribution in [2.75, 3.05) is 7.11 Å². The normalized spacial score (nSPS) is 14.4. The first-order chi connectivity index (χ1) is 7.99. The second kappa shape index (κ2) is 6.17. The van der Waals surface area contributed by atoms with Crippen LogP contribution in [-0.2, 0) is 9.53 Å². The largest absolute Gasteiger partial charge is 0.468 e. The fourth-order valence-electron chi connectivity index (χ4n) is 1.74. The van der Waals surface area contributed by atoms with E-state index in [1.54, 1.807) is 11.3 Å². The zero-order valence-electron chi connectivity index (χ0n) is 11.2. The van der Waals surface area contributed by atoms with Gasteiger partial charge in [0.05, 0.1) is 7.11 Å². The Balaban J connectivity index is 2.97. The fraction of sp³-hybridized carbons (Fsp3) is 0.615. The van der Waals surface area contributed by atoms with Crippen molar-refractivity contribution in [1.82, 2.24) is 5.32 Å². The zero-order valence-corrected chi connectivity index (χ0v) is 12.0. The molecule has 1 aromatic heterocycles. The van der Waals surface area contributed by atoms with E-state index in [0.29, 0.717) is 6.04 Å². The van der Waals surface area contributed by atoms with Gasteiger partial charge in [-0.25, -0.2) is 4.79 Å². The molecule has 0 spiro atoms. The number of rotatable bonds is 5. The molecule has 2 atom stereocenters. The van der Waals surface area contributed by atoms with E-state index in [-0.39, 0.29) is 12.0 Å². The maximum Gasteiger partial charge on any atom is 0.327 e. The third-order valence-corrected chi connectivity index (χ3v) is 3.87. The number of methoxy groups -OCH3 is 1. The summed E-state index contributed by atoms with van der Waals surface area (Å²) in [5.41, 5.74) is 1.04. The molecule has 17 heavy (non-hydrogen) atoms. The number of hydrogen-bond donors (Lipinski definition) is 1. The lowest BCUT2D eigenvalue weighted by Gasteiger charge is -2.20. The average molecular weight is 255 g/mol. The van der Waals surface area contributed by atoms with E-state index in [1.165, 1.54) is 16.9 Å². The molecular weight excluding hydrogens is 234 g/mol. The van der Waals surface area contributed by atoms with Crippen LogP contribution < -0.4 is 5.32 Å². The Bertz CT molecular complexity index is 387. The first-order valence-corrected chi connectivity index (χ1v) is 6.72. The van der Waals surface area contributed by atoms with Crippen LogP contribution in [0.5, 0.6) is 0 Å². The molecule has 0 saturated heterocycles. The van der Waals surface area contributed by atoms with Crippen molar-refractivity contribution in [3.8, 4) is 0 Å². The molecule has 0 aromatic carbocycles. The summed E-state index contributed by atoms with van der Waals surface area (Å²) in [6.45, 7) is 8.27. The number of hydrogen-bond acceptors (Lipinski definition) is 4. The minimum atomic E-state index is -0.347. The molecule has 1 rings (SSSR count). The van der Waals surface area contributed by atoms with Crippen LogP contribution in [-0.4, -0.2) is 19.1 Å². The molecule has 3 nitrogen and oxygen atoms in total. The van der Waals surface area contributed by atoms with Gasteiger partial charge in [0.1, 0.15) is 6.04 Å². The molecule has 0 bridgehead atoms. The van der Waals surface area contributed by atoms with Crippen LogP contribution >= 0.6 is 11.3 Å². The third-order valence-electron chi connectivity index (χ3n) is 2.89. The Morgan fingerprint density at radius 3 is 2.59 bits per heavy atom. The monoisotopic (exact) mass is 255 g/mol. The van der Waals surface area contributed by atoms with Crippen LogP contribution in [0.15, 0.2) is 6.07 Å². The van der Waals surface area contributed by atoms with E-state index in [1.807, 2.05) is 6.92 Å². The van der Waals surface area contributed by atoms with Crippen molar-refractivity contribution >= 4 is 17.3 Å². The number of aryl methyl sites for hydroxylation is 2. The Morgan fingerprint density at radius 2 is 2.18 bits per heavy atom. The summed E-state index contributed by atoms with van der Waals surface area (Å²) in [4.78, 5) is 14.2. The molecule has 1 heterocycles. The van der Waals surface area contributed by atoms with Crippen molar-refractivity contribution in [2.45, 2.75) is 46.2 Å². The first-order valence-electron chi connectivity index (χ1n) is 5.90. The van der Waals surface area contributed by atoms with Crippen molar-refractivity contribution in [3.63, 3.8) is 0 Å². The van der Waals surface area contributed by atoms with Crippen LogP contribution in [0, 0.1) is 13.8 Å². The summed E-state index contributed by atoms with van der Waals surface area (Å²) in [6, 6.07) is 2.01. The minimum absolute atomic E-state index is 0.216. The number of esters is 1. The predicted molar refractivity (Wildman–Crippen MR) is 71.4 cm³/mol. The molecule has 0 fully saturated rings. The van der Waals surface area contributed by atoms with Gasteiger partial charge in [-0.2, -0.15) is 0 Å². The van der Waals surface area contributed by atoms with Crippen LogP contribution in [0.3, 0.4) is 0 Å². The Labute approximate surface area is 107 Å². The number of ether oxygens (including phenoxy) is 1. The zero-order chi connectivity index (χ0) is 13.0. The molecule has 4 heteroatoms. The molecule has 0 aliphatic heterocycles. The molecule has 1 N–H and O–H groups in total. The Kier molecular flexibility index (Phi) is 5.15. The van der Waals surface area contributed by atoms with E-state index in [9.17, 15) is 4.79 Å². The van der Waals surface area contributed by atoms with Crippen LogP contribution in [0.2, 0.25) is 0 Å². The lowest BCUT2D eigenvalue weighted by Crippen LogP contribution is -2.35. The summed E-state index contributed by atoms with van der Waals surface area (Å²) in [5.74, 6) is -0.216. The molecule has 1 aromatic rings. The van der Waals surface area contributed by atoms with Gasteiger partial charge in [0, 0.05) is 15.8 Å². The summed E-state index contributed by atoms with van der Waals surface area (Å²) in [7, 11) is 1.43. The molecule has 2 unspecified atom stereocenters. The van der Waals surface area contributed by atoms with Gasteiger partial charge in [-0.05, 0) is 38.8 Å². The first kappa shape index (κ1) is 14.2. The third kappa shape index (κ3) is 3.54. The van der Waals surface area contributed by atoms with E-state index < -0.39 is 0 Å². The molecule has 0 radical (unpaired) electrons. The molecule has 96 valence electrons. The summed E-state index contributed by atoms with van der Waals surface area (Å²) < 4.78 is 4.88. The average Bonchev–Trinajstić information content (AvgIpc) is 2.63. The van der Waals surface area contributed by atoms with E-state index in [0.717, 1.165) is 12.0 Å². The quantitative estimate of drug-likeness (QED) is 0.822. The van der Waals surface area contributed by atoms with E-state index in [4.69, 9.17) is 4.74 Å². The molecule has 0 aliphatic rings. The standard InChI is InChI=1S/C13H21NO2S/c1-6-8(2)14-12(13(15)16-5)11-7-9(3)17-10(11)4/h7-8,12,14H,6H2,1-5H3. The summed E-state index contributed by atoms with van der Waals surface area (Å²) >= 11 is 1.71. The van der Waals surface area contributed by atoms with Gasteiger partial charge in [-0.3, -0.25) is 5.32 Å². The van der Waals surface area contributed by atoms with Crippen molar-refractivity contribution in [2.24, 2.45) is 0 Å². The second-order valence-corrected chi connectivity index (χ2v) is 5.76. The van der Waals surface area contributed by atoms with Crippen molar-refractivity contribution in [3.05, 3.63) is 21.4 Å². The molecular formula is C13H21NO2S. The van der Waals surface area contributed by atoms with Gasteiger partial charge < -0.3 is 4.74 Å². The Hall–Kier alpha value is -0.870. The highest BCUT2D eigenvalue weighted by Crippen LogP contribution is 2.27. The van der Waals surface area contributed by atoms with E-state index in [2.05, 4.69) is 32.2 Å². The van der Waals surface area contributed by atoms with Gasteiger partial charge in [0.15, 0.2) is 0 Å². The smallest absolute Gasteiger partial charge is 0.327 e. The topological polar surface area (TPSA) is 38.3 Å². The van der Waals surface area contributed by atoms with E-state index >= 15 is 0 Å². The summed E-state index contributed by atoms with van der Waals surface area (Å²) in [5, 5.41) is 3.32. The lowest BCUT2D eigenvalue weighted by atomic mass is 10.1. The highest BCUT2D eigenvalue weighted by molar-refractivity contribution is 7.12. The SMILES string of the molecule is CCC(C)NC(C(=O)OC)c1cc(C)sc1C. The van der Waals surface area contributed by atoms with Crippen molar-refractivity contribution in [1.29, 1.82) is 0 Å². The van der Waals surface area contributed by atoms with Gasteiger partial charge in [0.2, 0.25) is 0 Å². The maximum atomic E-state index is 11.8.